The van der Waals surface area contributed by atoms with Crippen molar-refractivity contribution in [1.29, 1.82) is 0 Å². The number of nitrogens with one attached hydrogen (secondary N) is 2. The summed E-state index contributed by atoms with van der Waals surface area (Å²) in [6, 6.07) is 3.99. The van der Waals surface area contributed by atoms with E-state index in [-0.39, 0.29) is 21.5 Å². The van der Waals surface area contributed by atoms with E-state index in [4.69, 9.17) is 16.7 Å². The second kappa shape index (κ2) is 5.92. The summed E-state index contributed by atoms with van der Waals surface area (Å²) in [6.07, 6.45) is 1.43. The number of sulfonamides is 1. The molecule has 1 amide bonds. The normalized spacial score (nSPS) is 22.2. The van der Waals surface area contributed by atoms with Crippen LogP contribution in [0.15, 0.2) is 23.1 Å². The summed E-state index contributed by atoms with van der Waals surface area (Å²) < 4.78 is 22.7. The average Bonchev–Trinajstić information content (AvgIpc) is 2.90. The number of primary sulfonamides is 1. The van der Waals surface area contributed by atoms with E-state index in [1.54, 1.807) is 0 Å². The van der Waals surface area contributed by atoms with E-state index < -0.39 is 15.4 Å². The van der Waals surface area contributed by atoms with E-state index in [1.165, 1.54) is 18.2 Å². The Morgan fingerprint density at radius 2 is 2.24 bits per heavy atom. The summed E-state index contributed by atoms with van der Waals surface area (Å²) in [5, 5.41) is 11.3. The number of rotatable bonds is 4. The van der Waals surface area contributed by atoms with Gasteiger partial charge in [-0.05, 0) is 37.6 Å². The summed E-state index contributed by atoms with van der Waals surface area (Å²) in [4.78, 5) is 12.4. The monoisotopic (exact) mass is 331 g/mol. The number of hydrogen-bond donors (Lipinski definition) is 3. The molecule has 1 atom stereocenters. The van der Waals surface area contributed by atoms with Gasteiger partial charge in [-0.3, -0.25) is 4.79 Å². The summed E-state index contributed by atoms with van der Waals surface area (Å²) >= 11 is 6.02. The Kier molecular flexibility index (Phi) is 4.57. The minimum absolute atomic E-state index is 0.0858. The summed E-state index contributed by atoms with van der Waals surface area (Å²) in [6.45, 7) is 3.34. The number of anilines is 1. The number of carbonyl (C=O) groups is 1. The first-order chi connectivity index (χ1) is 9.78. The lowest BCUT2D eigenvalue weighted by Crippen LogP contribution is -2.37. The highest BCUT2D eigenvalue weighted by molar-refractivity contribution is 7.89. The molecule has 1 saturated heterocycles. The number of hydrogen-bond acceptors (Lipinski definition) is 4. The van der Waals surface area contributed by atoms with Crippen LogP contribution in [0.4, 0.5) is 5.69 Å². The van der Waals surface area contributed by atoms with Crippen molar-refractivity contribution in [3.8, 4) is 0 Å². The van der Waals surface area contributed by atoms with Gasteiger partial charge < -0.3 is 10.6 Å². The molecule has 0 bridgehead atoms. The van der Waals surface area contributed by atoms with Crippen LogP contribution in [0, 0.1) is 5.41 Å². The Bertz CT molecular complexity index is 655. The molecule has 1 aliphatic heterocycles. The molecular weight excluding hydrogens is 314 g/mol. The zero-order valence-electron chi connectivity index (χ0n) is 11.6. The standard InChI is InChI=1S/C13H18ClN3O3S/c1-2-13(5-6-16-8-13)12(18)17-11-7-9(21(15,19)20)3-4-10(11)14/h3-4,7,16H,2,5-6,8H2,1H3,(H,17,18)(H2,15,19,20). The third-order valence-corrected chi connectivity index (χ3v) is 5.16. The fourth-order valence-electron chi connectivity index (χ4n) is 2.43. The molecule has 0 aromatic heterocycles. The van der Waals surface area contributed by atoms with Gasteiger partial charge in [-0.15, -0.1) is 0 Å². The van der Waals surface area contributed by atoms with Gasteiger partial charge in [0, 0.05) is 6.54 Å². The molecule has 0 saturated carbocycles. The van der Waals surface area contributed by atoms with Gasteiger partial charge >= 0.3 is 0 Å². The molecule has 1 aliphatic rings. The van der Waals surface area contributed by atoms with Gasteiger partial charge in [-0.1, -0.05) is 18.5 Å². The molecule has 1 fully saturated rings. The zero-order valence-corrected chi connectivity index (χ0v) is 13.2. The predicted molar refractivity (Wildman–Crippen MR) is 81.7 cm³/mol. The van der Waals surface area contributed by atoms with E-state index in [1.807, 2.05) is 6.92 Å². The van der Waals surface area contributed by atoms with Gasteiger partial charge in [0.25, 0.3) is 0 Å². The third-order valence-electron chi connectivity index (χ3n) is 3.92. The number of benzene rings is 1. The topological polar surface area (TPSA) is 101 Å². The Hall–Kier alpha value is -1.15. The quantitative estimate of drug-likeness (QED) is 0.774. The number of amides is 1. The van der Waals surface area contributed by atoms with Gasteiger partial charge in [-0.25, -0.2) is 13.6 Å². The van der Waals surface area contributed by atoms with Crippen LogP contribution in [0.5, 0.6) is 0 Å². The molecule has 1 heterocycles. The summed E-state index contributed by atoms with van der Waals surface area (Å²) in [5.41, 5.74) is -0.228. The van der Waals surface area contributed by atoms with Crippen LogP contribution in [-0.2, 0) is 14.8 Å². The third kappa shape index (κ3) is 3.37. The first-order valence-electron chi connectivity index (χ1n) is 6.63. The number of halogens is 1. The second-order valence-electron chi connectivity index (χ2n) is 5.20. The largest absolute Gasteiger partial charge is 0.324 e. The van der Waals surface area contributed by atoms with Gasteiger partial charge in [0.1, 0.15) is 0 Å². The van der Waals surface area contributed by atoms with Crippen LogP contribution in [0.2, 0.25) is 5.02 Å². The maximum atomic E-state index is 12.5. The first-order valence-corrected chi connectivity index (χ1v) is 8.55. The van der Waals surface area contributed by atoms with Crippen molar-refractivity contribution in [1.82, 2.24) is 5.32 Å². The molecule has 116 valence electrons. The molecule has 0 spiro atoms. The van der Waals surface area contributed by atoms with Crippen LogP contribution in [0.25, 0.3) is 0 Å². The minimum Gasteiger partial charge on any atom is -0.324 e. The Morgan fingerprint density at radius 1 is 1.52 bits per heavy atom. The fraction of sp³-hybridized carbons (Fsp3) is 0.462. The molecule has 8 heteroatoms. The summed E-state index contributed by atoms with van der Waals surface area (Å²) in [7, 11) is -3.84. The second-order valence-corrected chi connectivity index (χ2v) is 7.17. The van der Waals surface area contributed by atoms with Crippen LogP contribution >= 0.6 is 11.6 Å². The minimum atomic E-state index is -3.84. The lowest BCUT2D eigenvalue weighted by molar-refractivity contribution is -0.124. The van der Waals surface area contributed by atoms with Crippen molar-refractivity contribution >= 4 is 33.2 Å². The molecule has 1 aromatic rings. The highest BCUT2D eigenvalue weighted by atomic mass is 35.5. The predicted octanol–water partition coefficient (Wildman–Crippen LogP) is 1.32. The smallest absolute Gasteiger partial charge is 0.238 e. The van der Waals surface area contributed by atoms with Gasteiger partial charge in [0.05, 0.1) is 21.0 Å². The van der Waals surface area contributed by atoms with Crippen LogP contribution in [0.3, 0.4) is 0 Å². The Balaban J connectivity index is 2.29. The molecule has 1 unspecified atom stereocenters. The van der Waals surface area contributed by atoms with E-state index in [0.29, 0.717) is 13.0 Å². The van der Waals surface area contributed by atoms with Gasteiger partial charge in [-0.2, -0.15) is 0 Å². The maximum Gasteiger partial charge on any atom is 0.238 e. The fourth-order valence-corrected chi connectivity index (χ4v) is 3.14. The maximum absolute atomic E-state index is 12.5. The van der Waals surface area contributed by atoms with E-state index in [9.17, 15) is 13.2 Å². The van der Waals surface area contributed by atoms with Crippen molar-refractivity contribution in [2.45, 2.75) is 24.7 Å². The number of nitrogens with two attached hydrogens (primary N) is 1. The van der Waals surface area contributed by atoms with Crippen LogP contribution in [-0.4, -0.2) is 27.4 Å². The molecule has 1 aromatic carbocycles. The molecule has 0 radical (unpaired) electrons. The lowest BCUT2D eigenvalue weighted by atomic mass is 9.83. The molecule has 6 nitrogen and oxygen atoms in total. The van der Waals surface area contributed by atoms with Crippen molar-refractivity contribution in [2.75, 3.05) is 18.4 Å². The first kappa shape index (κ1) is 16.2. The zero-order chi connectivity index (χ0) is 15.7. The highest BCUT2D eigenvalue weighted by Crippen LogP contribution is 2.33. The van der Waals surface area contributed by atoms with Crippen LogP contribution < -0.4 is 15.8 Å². The Morgan fingerprint density at radius 3 is 2.76 bits per heavy atom. The van der Waals surface area contributed by atoms with E-state index in [0.717, 1.165) is 13.0 Å². The lowest BCUT2D eigenvalue weighted by Gasteiger charge is -2.25. The molecule has 21 heavy (non-hydrogen) atoms. The average molecular weight is 332 g/mol. The van der Waals surface area contributed by atoms with E-state index in [2.05, 4.69) is 10.6 Å². The van der Waals surface area contributed by atoms with Gasteiger partial charge in [0.15, 0.2) is 0 Å². The molecule has 2 rings (SSSR count). The SMILES string of the molecule is CCC1(C(=O)Nc2cc(S(N)(=O)=O)ccc2Cl)CCNC1. The van der Waals surface area contributed by atoms with Gasteiger partial charge in [0.2, 0.25) is 15.9 Å². The van der Waals surface area contributed by atoms with Crippen LogP contribution in [0.1, 0.15) is 19.8 Å². The molecular formula is C13H18ClN3O3S. The molecule has 0 aliphatic carbocycles. The van der Waals surface area contributed by atoms with E-state index >= 15 is 0 Å². The molecule has 4 N–H and O–H groups in total. The Labute approximate surface area is 129 Å². The van der Waals surface area contributed by atoms with Crippen molar-refractivity contribution in [2.24, 2.45) is 10.6 Å². The van der Waals surface area contributed by atoms with Crippen molar-refractivity contribution in [3.63, 3.8) is 0 Å². The number of carbonyl (C=O) groups excluding carboxylic acids is 1. The van der Waals surface area contributed by atoms with Crippen molar-refractivity contribution in [3.05, 3.63) is 23.2 Å². The van der Waals surface area contributed by atoms with Crippen molar-refractivity contribution < 1.29 is 13.2 Å². The summed E-state index contributed by atoms with van der Waals surface area (Å²) in [5.74, 6) is -0.163. The highest BCUT2D eigenvalue weighted by Gasteiger charge is 2.39.